The van der Waals surface area contributed by atoms with Gasteiger partial charge < -0.3 is 51.1 Å². The number of ketones is 5. The molecule has 1 aromatic carbocycles. The van der Waals surface area contributed by atoms with Crippen molar-refractivity contribution in [3.63, 3.8) is 0 Å². The Morgan fingerprint density at radius 2 is 1.00 bits per heavy atom. The number of Topliss-reactive ketones (excluding diaryl/α,β-unsaturated/α-hetero) is 5. The number of thioether (sulfide) groups is 1. The standard InChI is InChI=1S/C16H19N3O2S.C16H17N3O2S.C16H21NO3S.C13H16O3S.C11H11NO3S2.C9H8O3S.C2H7N3.ClH/c2*1-16(2,3)21-14(20)12-7-10-11(22-12)6-5-9-8-18-15(17-4)19-13(9)10;1-16(2,3)20-15(19)13-8-11-12(21-13)7-6-10(14(11)18)9-17(4)5;1-13(2,3)16-12(15)11-7-8-9(14)5-4-6-10(8)17-11;1-12-10(15)9(17-11(12)16)5-6-7(13)3-2-4-8(6)14;10-6-2-1-3-7-5(6)4-8(13-7)9(11)12;1-5-2(3)4;/h7-8H,5-6H2,1-4H3,(H,17,18,19);5-8H,1-4H3,(H,17,18,19);8-9H,6-7H2,1-5H3;7H,4-6H2,1-3H3;5-6H,2-4H2,1H3;4H,1-3H2,(H,11,12);1H3,(H4,3,4,5);1H/b;;10-9-;;;;;. The highest BCUT2D eigenvalue weighted by Crippen LogP contribution is 2.41. The number of thiophene rings is 5. The highest BCUT2D eigenvalue weighted by atomic mass is 35.5. The summed E-state index contributed by atoms with van der Waals surface area (Å²) in [5.41, 5.74) is 14.3. The molecular formula is C83H100ClN11O16S7. The number of aromatic carboxylic acids is 1. The van der Waals surface area contributed by atoms with Crippen LogP contribution >= 0.6 is 93.1 Å². The number of rotatable bonds is 9. The predicted octanol–water partition coefficient (Wildman–Crippen LogP) is 16.2. The number of allylic oxidation sites excluding steroid dienone is 2. The Morgan fingerprint density at radius 3 is 1.45 bits per heavy atom. The number of hydrogen-bond donors (Lipinski definition) is 5. The molecule has 0 bridgehead atoms. The van der Waals surface area contributed by atoms with Gasteiger partial charge in [0.1, 0.15) is 62.7 Å². The number of likely N-dealkylation sites (N-methyl/N-ethyl adjacent to an activating group) is 1. The minimum atomic E-state index is -0.938. The number of guanidine groups is 1. The number of nitrogens with one attached hydrogen (secondary N) is 2. The van der Waals surface area contributed by atoms with E-state index in [9.17, 15) is 52.7 Å². The third-order valence-corrected chi connectivity index (χ3v) is 24.5. The van der Waals surface area contributed by atoms with Gasteiger partial charge in [-0.05, 0) is 195 Å². The van der Waals surface area contributed by atoms with Gasteiger partial charge in [-0.25, -0.2) is 43.9 Å². The summed E-state index contributed by atoms with van der Waals surface area (Å²) in [6.45, 7) is 22.2. The molecule has 14 rings (SSSR count). The number of ether oxygens (including phenoxy) is 4. The van der Waals surface area contributed by atoms with E-state index in [0.29, 0.717) is 83.9 Å². The molecule has 1 saturated carbocycles. The molecule has 1 saturated heterocycles. The van der Waals surface area contributed by atoms with Crippen LogP contribution in [0.2, 0.25) is 0 Å². The predicted molar refractivity (Wildman–Crippen MR) is 474 cm³/mol. The third kappa shape index (κ3) is 26.5. The molecule has 0 unspecified atom stereocenters. The van der Waals surface area contributed by atoms with Crippen LogP contribution in [0.15, 0.2) is 82.6 Å². The highest BCUT2D eigenvalue weighted by Gasteiger charge is 2.36. The fourth-order valence-corrected chi connectivity index (χ4v) is 18.3. The lowest BCUT2D eigenvalue weighted by molar-refractivity contribution is -0.133. The van der Waals surface area contributed by atoms with E-state index in [0.717, 1.165) is 127 Å². The van der Waals surface area contributed by atoms with Gasteiger partial charge in [0.15, 0.2) is 23.3 Å². The maximum atomic E-state index is 12.4. The fourth-order valence-electron chi connectivity index (χ4n) is 11.9. The molecule has 0 spiro atoms. The first kappa shape index (κ1) is 95.6. The summed E-state index contributed by atoms with van der Waals surface area (Å²) < 4.78 is 23.0. The van der Waals surface area contributed by atoms with Crippen molar-refractivity contribution in [3.8, 4) is 11.3 Å². The maximum absolute atomic E-state index is 12.4. The van der Waals surface area contributed by atoms with Crippen molar-refractivity contribution in [2.75, 3.05) is 52.9 Å². The highest BCUT2D eigenvalue weighted by molar-refractivity contribution is 8.26. The number of halogens is 1. The number of fused-ring (bicyclic) bond motifs is 9. The van der Waals surface area contributed by atoms with Crippen molar-refractivity contribution in [1.82, 2.24) is 29.7 Å². The van der Waals surface area contributed by atoms with Crippen molar-refractivity contribution >= 4 is 201 Å². The first-order valence-corrected chi connectivity index (χ1v) is 42.9. The second-order valence-electron chi connectivity index (χ2n) is 31.6. The van der Waals surface area contributed by atoms with Crippen molar-refractivity contribution in [2.45, 2.75) is 189 Å². The molecule has 5 aliphatic carbocycles. The summed E-state index contributed by atoms with van der Waals surface area (Å²) >= 11 is 13.0. The number of hydrogen-bond acceptors (Lipinski definition) is 30. The monoisotopic (exact) mass is 1770 g/mol. The van der Waals surface area contributed by atoms with Gasteiger partial charge in [0.05, 0.1) is 22.0 Å². The van der Waals surface area contributed by atoms with Crippen LogP contribution in [0.5, 0.6) is 0 Å². The second kappa shape index (κ2) is 40.9. The molecule has 0 atom stereocenters. The zero-order chi connectivity index (χ0) is 86.5. The largest absolute Gasteiger partial charge is 0.477 e. The molecule has 2 fully saturated rings. The molecule has 27 nitrogen and oxygen atoms in total. The van der Waals surface area contributed by atoms with Gasteiger partial charge in [0.25, 0.3) is 5.91 Å². The Balaban J connectivity index is 0.000000194. The third-order valence-electron chi connectivity index (χ3n) is 17.2. The van der Waals surface area contributed by atoms with E-state index in [1.165, 1.54) is 85.7 Å². The summed E-state index contributed by atoms with van der Waals surface area (Å²) in [7, 11) is 10.5. The van der Waals surface area contributed by atoms with Crippen molar-refractivity contribution < 1.29 is 76.8 Å². The molecule has 7 aromatic heterocycles. The number of thiocarbonyl (C=S) groups is 1. The topological polar surface area (TPSA) is 391 Å². The number of nitrogens with two attached hydrogens (primary N) is 2. The average Bonchev–Trinajstić information content (AvgIpc) is 1.62. The van der Waals surface area contributed by atoms with Crippen LogP contribution in [0.4, 0.5) is 11.9 Å². The molecule has 8 aromatic rings. The normalized spacial score (nSPS) is 15.5. The van der Waals surface area contributed by atoms with Crippen LogP contribution in [0.3, 0.4) is 0 Å². The number of amides is 1. The Kier molecular flexibility index (Phi) is 33.2. The van der Waals surface area contributed by atoms with Crippen LogP contribution in [-0.2, 0) is 65.4 Å². The van der Waals surface area contributed by atoms with E-state index in [-0.39, 0.29) is 81.9 Å². The van der Waals surface area contributed by atoms with Crippen molar-refractivity contribution in [3.05, 3.63) is 144 Å². The summed E-state index contributed by atoms with van der Waals surface area (Å²) in [4.78, 5) is 161. The van der Waals surface area contributed by atoms with E-state index >= 15 is 0 Å². The number of aromatic nitrogens is 4. The maximum Gasteiger partial charge on any atom is 0.348 e. The van der Waals surface area contributed by atoms with E-state index in [4.69, 9.17) is 47.7 Å². The first-order valence-electron chi connectivity index (χ1n) is 37.6. The first-order chi connectivity index (χ1) is 54.7. The molecule has 7 N–H and O–H groups in total. The van der Waals surface area contributed by atoms with Gasteiger partial charge in [-0.15, -0.1) is 69.1 Å². The minimum Gasteiger partial charge on any atom is -0.477 e. The summed E-state index contributed by atoms with van der Waals surface area (Å²) in [6.07, 6.45) is 16.4. The number of anilines is 2. The van der Waals surface area contributed by atoms with Crippen molar-refractivity contribution in [2.24, 2.45) is 22.4 Å². The van der Waals surface area contributed by atoms with Crippen molar-refractivity contribution in [1.29, 1.82) is 0 Å². The number of aliphatic imine (C=N–C) groups is 1. The van der Waals surface area contributed by atoms with Crippen LogP contribution in [0, 0.1) is 5.92 Å². The zero-order valence-corrected chi connectivity index (χ0v) is 75.8. The Bertz CT molecular complexity index is 5250. The number of esters is 4. The Hall–Kier alpha value is -9.55. The molecule has 8 heterocycles. The van der Waals surface area contributed by atoms with Gasteiger partial charge in [-0.1, -0.05) is 24.0 Å². The van der Waals surface area contributed by atoms with Gasteiger partial charge in [-0.2, -0.15) is 0 Å². The molecule has 0 radical (unpaired) electrons. The summed E-state index contributed by atoms with van der Waals surface area (Å²) in [6, 6.07) is 12.6. The van der Waals surface area contributed by atoms with Crippen LogP contribution in [-0.4, -0.2) is 174 Å². The fraction of sp³-hybridized carbons (Fsp3) is 0.434. The van der Waals surface area contributed by atoms with Gasteiger partial charge >= 0.3 is 29.8 Å². The van der Waals surface area contributed by atoms with Crippen LogP contribution in [0.25, 0.3) is 32.2 Å². The summed E-state index contributed by atoms with van der Waals surface area (Å²) in [5.74, 6) is -1.81. The minimum absolute atomic E-state index is 0. The number of nitrogens with zero attached hydrogens (tertiary/aromatic N) is 7. The molecule has 1 aliphatic heterocycles. The molecule has 632 valence electrons. The van der Waals surface area contributed by atoms with E-state index in [1.807, 2.05) is 139 Å². The number of benzene rings is 1. The number of carbonyl (C=O) groups is 11. The number of aryl methyl sites for hydroxylation is 5. The Morgan fingerprint density at radius 1 is 0.576 bits per heavy atom. The average molecular weight is 1770 g/mol. The molecule has 1 amide bonds. The summed E-state index contributed by atoms with van der Waals surface area (Å²) in [5, 5.41) is 16.5. The van der Waals surface area contributed by atoms with Gasteiger partial charge in [0.2, 0.25) is 11.9 Å². The number of carboxylic acid groups (broad SMARTS) is 1. The Labute approximate surface area is 721 Å². The lowest BCUT2D eigenvalue weighted by atomic mass is 9.86. The number of carboxylic acids is 1. The quantitative estimate of drug-likeness (QED) is 0.0170. The van der Waals surface area contributed by atoms with E-state index in [2.05, 4.69) is 35.6 Å². The van der Waals surface area contributed by atoms with E-state index < -0.39 is 34.3 Å². The molecule has 35 heteroatoms. The van der Waals surface area contributed by atoms with Crippen LogP contribution < -0.4 is 22.1 Å². The molecule has 6 aliphatic rings. The second-order valence-corrected chi connectivity index (χ2v) is 38.9. The molecule has 118 heavy (non-hydrogen) atoms. The van der Waals surface area contributed by atoms with Gasteiger partial charge in [0, 0.05) is 149 Å². The smallest absolute Gasteiger partial charge is 0.348 e. The van der Waals surface area contributed by atoms with Gasteiger partial charge in [-0.3, -0.25) is 38.7 Å². The SMILES string of the molecule is CC(C)(C)OC(=O)c1cc2c(s1)CCCC2=O.CN(C)/C=C1/CCc2sc(C(=O)OC(C)(C)C)cc2C1=O.CN1C(=O)C(=CC2C(=O)CCCC2=O)SC1=S.CN=C(N)N.CNc1ncc2c(n1)-c1cc(C(=O)OC(C)(C)C)sc1CC2.CNc1ncc2ccc3sc(C(=O)OC(C)(C)C)cc3c2n1.Cl.O=C(O)c1cc2c(s1)CCCC2=O. The lowest BCUT2D eigenvalue weighted by Gasteiger charge is -2.18. The molecular weight excluding hydrogens is 1670 g/mol. The van der Waals surface area contributed by atoms with E-state index in [1.54, 1.807) is 39.5 Å². The number of carbonyl (C=O) groups excluding carboxylic acids is 10. The van der Waals surface area contributed by atoms with Crippen LogP contribution in [0.1, 0.15) is 239 Å². The lowest BCUT2D eigenvalue weighted by Crippen LogP contribution is -2.28. The zero-order valence-electron chi connectivity index (χ0n) is 69.2.